The van der Waals surface area contributed by atoms with E-state index < -0.39 is 23.6 Å². The van der Waals surface area contributed by atoms with Crippen LogP contribution in [0.4, 0.5) is 10.5 Å². The lowest BCUT2D eigenvalue weighted by molar-refractivity contribution is -0.127. The van der Waals surface area contributed by atoms with Gasteiger partial charge in [0.25, 0.3) is 11.1 Å². The Labute approximate surface area is 224 Å². The molecule has 0 aromatic heterocycles. The van der Waals surface area contributed by atoms with Gasteiger partial charge in [0.1, 0.15) is 18.9 Å². The molecule has 4 rings (SSSR count). The fourth-order valence-corrected chi connectivity index (χ4v) is 4.88. The highest BCUT2D eigenvalue weighted by molar-refractivity contribution is 9.10. The molecular weight excluding hydrogens is 575 g/mol. The van der Waals surface area contributed by atoms with Crippen LogP contribution in [0.2, 0.25) is 10.0 Å². The first-order chi connectivity index (χ1) is 16.8. The summed E-state index contributed by atoms with van der Waals surface area (Å²) in [7, 11) is 0. The molecule has 0 saturated carbocycles. The highest BCUT2D eigenvalue weighted by Gasteiger charge is 2.36. The Morgan fingerprint density at radius 3 is 2.57 bits per heavy atom. The molecule has 0 bridgehead atoms. The number of nitrogens with one attached hydrogen (secondary N) is 1. The number of para-hydroxylation sites is 2. The lowest BCUT2D eigenvalue weighted by atomic mass is 10.1. The van der Waals surface area contributed by atoms with Crippen LogP contribution >= 0.6 is 50.9 Å². The van der Waals surface area contributed by atoms with Crippen LogP contribution in [-0.2, 0) is 16.2 Å². The van der Waals surface area contributed by atoms with Crippen LogP contribution in [0.15, 0.2) is 76.1 Å². The SMILES string of the molecule is O=C(CN1C(=O)S/C(=C/c2ccccc2OCc2ccc(Cl)cc2Cl)C1=O)Nc1ccccc1Br. The number of amides is 3. The van der Waals surface area contributed by atoms with Gasteiger partial charge in [-0.2, -0.15) is 0 Å². The summed E-state index contributed by atoms with van der Waals surface area (Å²) < 4.78 is 6.62. The summed E-state index contributed by atoms with van der Waals surface area (Å²) in [5.41, 5.74) is 1.91. The topological polar surface area (TPSA) is 75.7 Å². The minimum Gasteiger partial charge on any atom is -0.488 e. The third kappa shape index (κ3) is 6.27. The number of carbonyl (C=O) groups excluding carboxylic acids is 3. The van der Waals surface area contributed by atoms with E-state index in [0.717, 1.165) is 22.2 Å². The van der Waals surface area contributed by atoms with E-state index in [4.69, 9.17) is 27.9 Å². The maximum absolute atomic E-state index is 12.9. The second-order valence-corrected chi connectivity index (χ2v) is 10.0. The number of thioether (sulfide) groups is 1. The molecule has 1 saturated heterocycles. The number of imide groups is 1. The number of hydrogen-bond acceptors (Lipinski definition) is 5. The highest BCUT2D eigenvalue weighted by atomic mass is 79.9. The molecule has 0 unspecified atom stereocenters. The lowest BCUT2D eigenvalue weighted by Gasteiger charge is -2.13. The zero-order valence-corrected chi connectivity index (χ0v) is 21.9. The van der Waals surface area contributed by atoms with Gasteiger partial charge in [-0.25, -0.2) is 0 Å². The molecule has 1 aliphatic rings. The number of carbonyl (C=O) groups is 3. The second kappa shape index (κ2) is 11.3. The van der Waals surface area contributed by atoms with Gasteiger partial charge in [-0.3, -0.25) is 19.3 Å². The number of benzene rings is 3. The molecule has 35 heavy (non-hydrogen) atoms. The van der Waals surface area contributed by atoms with Crippen LogP contribution < -0.4 is 10.1 Å². The van der Waals surface area contributed by atoms with Crippen LogP contribution in [0, 0.1) is 0 Å². The van der Waals surface area contributed by atoms with Gasteiger partial charge in [0.05, 0.1) is 10.6 Å². The summed E-state index contributed by atoms with van der Waals surface area (Å²) in [6.45, 7) is -0.200. The van der Waals surface area contributed by atoms with Gasteiger partial charge < -0.3 is 10.1 Å². The average molecular weight is 592 g/mol. The van der Waals surface area contributed by atoms with Crippen molar-refractivity contribution in [3.05, 3.63) is 97.3 Å². The molecular formula is C25H17BrCl2N2O4S. The maximum Gasteiger partial charge on any atom is 0.294 e. The summed E-state index contributed by atoms with van der Waals surface area (Å²) in [5.74, 6) is -0.515. The Kier molecular flexibility index (Phi) is 8.18. The number of anilines is 1. The summed E-state index contributed by atoms with van der Waals surface area (Å²) in [6, 6.07) is 19.3. The van der Waals surface area contributed by atoms with Crippen molar-refractivity contribution in [3.8, 4) is 5.75 Å². The highest BCUT2D eigenvalue weighted by Crippen LogP contribution is 2.34. The number of ether oxygens (including phenoxy) is 1. The fourth-order valence-electron chi connectivity index (χ4n) is 3.20. The minimum atomic E-state index is -0.544. The van der Waals surface area contributed by atoms with E-state index in [-0.39, 0.29) is 11.5 Å². The Morgan fingerprint density at radius 2 is 1.80 bits per heavy atom. The van der Waals surface area contributed by atoms with E-state index in [2.05, 4.69) is 21.2 Å². The van der Waals surface area contributed by atoms with Gasteiger partial charge in [-0.15, -0.1) is 0 Å². The van der Waals surface area contributed by atoms with Crippen molar-refractivity contribution < 1.29 is 19.1 Å². The Bertz CT molecular complexity index is 1350. The van der Waals surface area contributed by atoms with Crippen molar-refractivity contribution in [1.29, 1.82) is 0 Å². The first kappa shape index (κ1) is 25.3. The minimum absolute atomic E-state index is 0.192. The van der Waals surface area contributed by atoms with Crippen molar-refractivity contribution >= 4 is 79.7 Å². The molecule has 10 heteroatoms. The van der Waals surface area contributed by atoms with Gasteiger partial charge >= 0.3 is 0 Å². The van der Waals surface area contributed by atoms with Crippen molar-refractivity contribution in [1.82, 2.24) is 4.90 Å². The van der Waals surface area contributed by atoms with Gasteiger partial charge in [-0.1, -0.05) is 59.6 Å². The van der Waals surface area contributed by atoms with Crippen molar-refractivity contribution in [3.63, 3.8) is 0 Å². The molecule has 178 valence electrons. The monoisotopic (exact) mass is 590 g/mol. The molecule has 3 amide bonds. The number of halogens is 3. The van der Waals surface area contributed by atoms with Crippen LogP contribution in [0.1, 0.15) is 11.1 Å². The predicted molar refractivity (Wildman–Crippen MR) is 143 cm³/mol. The van der Waals surface area contributed by atoms with Gasteiger partial charge in [0, 0.05) is 25.6 Å². The van der Waals surface area contributed by atoms with Gasteiger partial charge in [0.2, 0.25) is 5.91 Å². The predicted octanol–water partition coefficient (Wildman–Crippen LogP) is 7.01. The smallest absolute Gasteiger partial charge is 0.294 e. The first-order valence-electron chi connectivity index (χ1n) is 10.3. The molecule has 1 fully saturated rings. The maximum atomic E-state index is 12.9. The third-order valence-corrected chi connectivity index (χ3v) is 7.11. The molecule has 0 spiro atoms. The average Bonchev–Trinajstić information content (AvgIpc) is 3.08. The number of hydrogen-bond donors (Lipinski definition) is 1. The van der Waals surface area contributed by atoms with Crippen molar-refractivity contribution in [2.24, 2.45) is 0 Å². The number of nitrogens with zero attached hydrogens (tertiary/aromatic N) is 1. The van der Waals surface area contributed by atoms with Crippen molar-refractivity contribution in [2.75, 3.05) is 11.9 Å². The Balaban J connectivity index is 1.46. The van der Waals surface area contributed by atoms with Gasteiger partial charge in [-0.05, 0) is 64.1 Å². The van der Waals surface area contributed by atoms with Gasteiger partial charge in [0.15, 0.2) is 0 Å². The zero-order valence-electron chi connectivity index (χ0n) is 18.0. The molecule has 0 radical (unpaired) electrons. The molecule has 6 nitrogen and oxygen atoms in total. The summed E-state index contributed by atoms with van der Waals surface area (Å²) in [5, 5.41) is 3.18. The summed E-state index contributed by atoms with van der Waals surface area (Å²) in [6.07, 6.45) is 1.58. The normalized spacial score (nSPS) is 14.5. The fraction of sp³-hybridized carbons (Fsp3) is 0.0800. The van der Waals surface area contributed by atoms with E-state index in [1.807, 2.05) is 6.07 Å². The number of rotatable bonds is 7. The van der Waals surface area contributed by atoms with Crippen LogP contribution in [0.3, 0.4) is 0 Å². The molecule has 1 N–H and O–H groups in total. The quantitative estimate of drug-likeness (QED) is 0.299. The lowest BCUT2D eigenvalue weighted by Crippen LogP contribution is -2.36. The molecule has 1 aliphatic heterocycles. The molecule has 3 aromatic rings. The Morgan fingerprint density at radius 1 is 1.06 bits per heavy atom. The van der Waals surface area contributed by atoms with E-state index in [1.165, 1.54) is 0 Å². The molecule has 0 atom stereocenters. The molecule has 1 heterocycles. The van der Waals surface area contributed by atoms with E-state index in [1.54, 1.807) is 66.7 Å². The van der Waals surface area contributed by atoms with Crippen LogP contribution in [0.25, 0.3) is 6.08 Å². The molecule has 0 aliphatic carbocycles. The summed E-state index contributed by atoms with van der Waals surface area (Å²) in [4.78, 5) is 38.9. The second-order valence-electron chi connectivity index (χ2n) is 7.36. The summed E-state index contributed by atoms with van der Waals surface area (Å²) >= 11 is 16.3. The molecule has 3 aromatic carbocycles. The zero-order chi connectivity index (χ0) is 24.9. The standard InChI is InChI=1S/C25H17BrCl2N2O4S/c26-18-6-2-3-7-20(18)29-23(31)13-30-24(32)22(35-25(30)33)11-15-5-1-4-8-21(15)34-14-16-9-10-17(27)12-19(16)28/h1-12H,13-14H2,(H,29,31)/b22-11+. The van der Waals surface area contributed by atoms with E-state index in [9.17, 15) is 14.4 Å². The van der Waals surface area contributed by atoms with Crippen molar-refractivity contribution in [2.45, 2.75) is 6.61 Å². The largest absolute Gasteiger partial charge is 0.488 e. The Hall–Kier alpha value is -2.78. The van der Waals surface area contributed by atoms with Crippen LogP contribution in [-0.4, -0.2) is 28.5 Å². The van der Waals surface area contributed by atoms with Crippen LogP contribution in [0.5, 0.6) is 5.75 Å². The third-order valence-electron chi connectivity index (χ3n) is 4.93. The first-order valence-corrected chi connectivity index (χ1v) is 12.6. The van der Waals surface area contributed by atoms with E-state index in [0.29, 0.717) is 31.5 Å². The van der Waals surface area contributed by atoms with E-state index >= 15 is 0 Å².